The Morgan fingerprint density at radius 1 is 1.23 bits per heavy atom. The Balaban J connectivity index is 1.25. The number of thiophene rings is 1. The third kappa shape index (κ3) is 3.66. The fourth-order valence-electron chi connectivity index (χ4n) is 4.83. The molecule has 35 heavy (non-hydrogen) atoms. The minimum absolute atomic E-state index is 0.0269. The van der Waals surface area contributed by atoms with E-state index in [1.807, 2.05) is 40.6 Å². The van der Waals surface area contributed by atoms with E-state index in [4.69, 9.17) is 11.6 Å². The van der Waals surface area contributed by atoms with Gasteiger partial charge in [0.25, 0.3) is 0 Å². The van der Waals surface area contributed by atoms with E-state index in [0.717, 1.165) is 61.9 Å². The molecular formula is C24H20ClIN6O2S. The fraction of sp³-hybridized carbons (Fsp3) is 0.208. The molecule has 0 saturated carbocycles. The molecule has 3 aliphatic heterocycles. The summed E-state index contributed by atoms with van der Waals surface area (Å²) in [5.41, 5.74) is 5.65. The predicted molar refractivity (Wildman–Crippen MR) is 147 cm³/mol. The van der Waals surface area contributed by atoms with Crippen LogP contribution in [0.2, 0.25) is 5.02 Å². The number of imidazole rings is 1. The number of aliphatic hydroxyl groups excluding tert-OH is 1. The molecule has 7 rings (SSSR count). The van der Waals surface area contributed by atoms with Gasteiger partial charge in [-0.3, -0.25) is 0 Å². The van der Waals surface area contributed by atoms with Crippen LogP contribution in [-0.2, 0) is 13.0 Å². The van der Waals surface area contributed by atoms with Crippen LogP contribution in [-0.4, -0.2) is 33.8 Å². The zero-order chi connectivity index (χ0) is 23.7. The van der Waals surface area contributed by atoms with Crippen molar-refractivity contribution in [2.24, 2.45) is 3.21 Å². The summed E-state index contributed by atoms with van der Waals surface area (Å²) in [6.07, 6.45) is 5.30. The van der Waals surface area contributed by atoms with Gasteiger partial charge in [0.05, 0.1) is 6.61 Å². The zero-order valence-corrected chi connectivity index (χ0v) is 22.1. The molecule has 8 nitrogen and oxygen atoms in total. The Kier molecular flexibility index (Phi) is 5.14. The Bertz CT molecular complexity index is 1560. The molecule has 3 aromatic heterocycles. The van der Waals surface area contributed by atoms with Crippen molar-refractivity contribution in [2.75, 3.05) is 9.56 Å². The van der Waals surface area contributed by atoms with Gasteiger partial charge < -0.3 is 5.11 Å². The van der Waals surface area contributed by atoms with Gasteiger partial charge in [-0.15, -0.1) is 11.3 Å². The summed E-state index contributed by atoms with van der Waals surface area (Å²) < 4.78 is 9.87. The molecular weight excluding hydrogens is 599 g/mol. The molecule has 2 atom stereocenters. The summed E-state index contributed by atoms with van der Waals surface area (Å²) in [5.74, 6) is 0.778. The van der Waals surface area contributed by atoms with Crippen LogP contribution in [0.5, 0.6) is 0 Å². The molecule has 1 aromatic carbocycles. The first-order chi connectivity index (χ1) is 17.1. The molecule has 0 radical (unpaired) electrons. The maximum atomic E-state index is 13.4. The van der Waals surface area contributed by atoms with Crippen molar-refractivity contribution in [3.63, 3.8) is 0 Å². The minimum atomic E-state index is -1.29. The topological polar surface area (TPSA) is 89.5 Å². The van der Waals surface area contributed by atoms with Crippen molar-refractivity contribution >= 4 is 55.3 Å². The third-order valence-corrected chi connectivity index (χ3v) is 11.2. The predicted octanol–water partition coefficient (Wildman–Crippen LogP) is 5.02. The van der Waals surface area contributed by atoms with Gasteiger partial charge in [-0.25, -0.2) is 0 Å². The second kappa shape index (κ2) is 8.27. The Morgan fingerprint density at radius 2 is 2.14 bits per heavy atom. The molecule has 0 aliphatic carbocycles. The number of fused-ring (bicyclic) bond motifs is 2. The van der Waals surface area contributed by atoms with Crippen LogP contribution >= 0.6 is 43.3 Å². The summed E-state index contributed by atoms with van der Waals surface area (Å²) >= 11 is 6.60. The number of anilines is 1. The van der Waals surface area contributed by atoms with E-state index in [-0.39, 0.29) is 18.2 Å². The first kappa shape index (κ1) is 21.7. The number of alkyl halides is 1. The number of benzene rings is 1. The summed E-state index contributed by atoms with van der Waals surface area (Å²) in [5, 5.41) is 14.1. The normalized spacial score (nSPS) is 21.0. The number of pyridine rings is 1. The molecule has 0 amide bonds. The van der Waals surface area contributed by atoms with Gasteiger partial charge in [0, 0.05) is 15.8 Å². The first-order valence-electron chi connectivity index (χ1n) is 11.1. The molecule has 6 heterocycles. The summed E-state index contributed by atoms with van der Waals surface area (Å²) in [4.78, 5) is 22.3. The monoisotopic (exact) mass is 618 g/mol. The second-order valence-corrected chi connectivity index (χ2v) is 14.2. The number of hydrogen-bond donors (Lipinski definition) is 2. The summed E-state index contributed by atoms with van der Waals surface area (Å²) in [6, 6.07) is 11.5. The van der Waals surface area contributed by atoms with Crippen LogP contribution in [0.3, 0.4) is 0 Å². The number of aromatic amines is 1. The van der Waals surface area contributed by atoms with Crippen molar-refractivity contribution in [1.82, 2.24) is 17.8 Å². The summed E-state index contributed by atoms with van der Waals surface area (Å²) in [6.45, 7) is 0.0269. The Hall–Kier alpha value is -2.51. The Morgan fingerprint density at radius 3 is 2.91 bits per heavy atom. The summed E-state index contributed by atoms with van der Waals surface area (Å²) in [7, 11) is 0. The quantitative estimate of drug-likeness (QED) is 0.108. The van der Waals surface area contributed by atoms with E-state index in [1.165, 1.54) is 11.3 Å². The molecule has 1 fully saturated rings. The van der Waals surface area contributed by atoms with Crippen LogP contribution in [0.15, 0.2) is 56.0 Å². The SMILES string of the molecule is O=c1cc(-c2cc(Cl)ccc2N2C=NI3CN23)cc2n1[C@H](c1ncc(-c3csc(CO)c3)[nH]1)CC2. The second-order valence-electron chi connectivity index (χ2n) is 8.63. The van der Waals surface area contributed by atoms with Crippen LogP contribution in [0.4, 0.5) is 5.69 Å². The number of aromatic nitrogens is 3. The number of rotatable bonds is 5. The van der Waals surface area contributed by atoms with Gasteiger partial charge in [-0.2, -0.15) is 0 Å². The van der Waals surface area contributed by atoms with Crippen LogP contribution in [0.1, 0.15) is 28.9 Å². The standard InChI is InChI=1S/C24H20ClIN6O2S/c25-16-1-3-21(30-13-28-26-12-31(26)30)19(8-16)14-5-17-2-4-22(32(17)23(34)7-14)24-27-9-20(29-24)15-6-18(10-33)35-11-15/h1,3,5-9,11,13,22,33H,2,4,10,12H2,(H,27,29)/t22-,31?/m0/s1. The number of nitrogens with zero attached hydrogens (tertiary/aromatic N) is 5. The molecule has 1 saturated heterocycles. The number of hydrazine groups is 1. The van der Waals surface area contributed by atoms with E-state index in [0.29, 0.717) is 5.02 Å². The van der Waals surface area contributed by atoms with E-state index in [9.17, 15) is 9.90 Å². The molecule has 178 valence electrons. The van der Waals surface area contributed by atoms with Crippen molar-refractivity contribution in [3.05, 3.63) is 79.7 Å². The molecule has 0 spiro atoms. The number of aryl methyl sites for hydroxylation is 1. The number of hydrogen-bond acceptors (Lipinski definition) is 7. The van der Waals surface area contributed by atoms with Gasteiger partial charge in [0.15, 0.2) is 0 Å². The number of H-pyrrole nitrogens is 1. The average Bonchev–Trinajstić information content (AvgIpc) is 3.36. The van der Waals surface area contributed by atoms with Crippen LogP contribution in [0, 0.1) is 0 Å². The Labute approximate surface area is 217 Å². The zero-order valence-electron chi connectivity index (χ0n) is 18.4. The molecule has 4 aromatic rings. The van der Waals surface area contributed by atoms with Crippen LogP contribution in [0.25, 0.3) is 22.4 Å². The number of nitrogens with one attached hydrogen (secondary N) is 1. The molecule has 11 heteroatoms. The van der Waals surface area contributed by atoms with Crippen molar-refractivity contribution < 1.29 is 5.11 Å². The van der Waals surface area contributed by atoms with Gasteiger partial charge in [-0.05, 0) is 6.07 Å². The molecule has 2 N–H and O–H groups in total. The maximum absolute atomic E-state index is 13.4. The van der Waals surface area contributed by atoms with Gasteiger partial charge >= 0.3 is 174 Å². The first-order valence-corrected chi connectivity index (χ1v) is 15.9. The van der Waals surface area contributed by atoms with Gasteiger partial charge in [-0.1, -0.05) is 0 Å². The average molecular weight is 619 g/mol. The van der Waals surface area contributed by atoms with Crippen molar-refractivity contribution in [2.45, 2.75) is 25.5 Å². The van der Waals surface area contributed by atoms with Crippen molar-refractivity contribution in [1.29, 1.82) is 0 Å². The van der Waals surface area contributed by atoms with Crippen molar-refractivity contribution in [3.8, 4) is 22.4 Å². The number of aliphatic hydroxyl groups is 1. The molecule has 1 unspecified atom stereocenters. The fourth-order valence-corrected chi connectivity index (χ4v) is 9.11. The van der Waals surface area contributed by atoms with Gasteiger partial charge in [0.1, 0.15) is 0 Å². The number of halogens is 2. The van der Waals surface area contributed by atoms with Gasteiger partial charge in [0.2, 0.25) is 0 Å². The van der Waals surface area contributed by atoms with E-state index >= 15 is 0 Å². The third-order valence-electron chi connectivity index (χ3n) is 6.55. The van der Waals surface area contributed by atoms with E-state index in [2.05, 4.69) is 27.5 Å². The van der Waals surface area contributed by atoms with E-state index in [1.54, 1.807) is 12.3 Å². The van der Waals surface area contributed by atoms with E-state index < -0.39 is 20.4 Å². The molecule has 3 aliphatic rings. The molecule has 0 bridgehead atoms. The van der Waals surface area contributed by atoms with Crippen LogP contribution < -0.4 is 10.6 Å².